The fraction of sp³-hybridized carbons (Fsp3) is 0.400. The monoisotopic (exact) mass is 463 g/mol. The van der Waals surface area contributed by atoms with Crippen LogP contribution in [-0.2, 0) is 14.6 Å². The van der Waals surface area contributed by atoms with Gasteiger partial charge in [0.05, 0.1) is 15.8 Å². The standard InChI is InChI=1S/C20H22ClN5O4S/c1-31(29,30)15-2-3-16(17(21)6-15)19-23-7-13(8-24-19)14-10-26(11-14)20(28)25-5-4-12(9-25)18(22)27/h2-3,6-8,12,14H,4-5,9-11H2,1H3,(H2,22,27)/t12-/m0/s1. The van der Waals surface area contributed by atoms with Crippen LogP contribution in [0.1, 0.15) is 17.9 Å². The highest BCUT2D eigenvalue weighted by molar-refractivity contribution is 7.90. The topological polar surface area (TPSA) is 127 Å². The molecule has 2 fully saturated rings. The van der Waals surface area contributed by atoms with E-state index >= 15 is 0 Å². The Morgan fingerprint density at radius 1 is 1.13 bits per heavy atom. The van der Waals surface area contributed by atoms with Gasteiger partial charge in [0.15, 0.2) is 15.7 Å². The lowest BCUT2D eigenvalue weighted by Crippen LogP contribution is -2.53. The van der Waals surface area contributed by atoms with Gasteiger partial charge in [0.1, 0.15) is 0 Å². The molecule has 3 heterocycles. The van der Waals surface area contributed by atoms with E-state index in [9.17, 15) is 18.0 Å². The van der Waals surface area contributed by atoms with Crippen molar-refractivity contribution in [1.82, 2.24) is 19.8 Å². The van der Waals surface area contributed by atoms with Crippen molar-refractivity contribution in [1.29, 1.82) is 0 Å². The van der Waals surface area contributed by atoms with Gasteiger partial charge in [-0.1, -0.05) is 11.6 Å². The average molecular weight is 464 g/mol. The van der Waals surface area contributed by atoms with Gasteiger partial charge in [-0.2, -0.15) is 0 Å². The third kappa shape index (κ3) is 4.35. The number of halogens is 1. The van der Waals surface area contributed by atoms with E-state index < -0.39 is 9.84 Å². The molecular weight excluding hydrogens is 442 g/mol. The molecule has 2 aliphatic rings. The SMILES string of the molecule is CS(=O)(=O)c1ccc(-c2ncc(C3CN(C(=O)N4CC[C@H](C(N)=O)C4)C3)cn2)c(Cl)c1. The number of nitrogens with two attached hydrogens (primary N) is 1. The van der Waals surface area contributed by atoms with E-state index in [4.69, 9.17) is 17.3 Å². The number of carbonyl (C=O) groups is 2. The van der Waals surface area contributed by atoms with Crippen LogP contribution >= 0.6 is 11.6 Å². The van der Waals surface area contributed by atoms with Crippen molar-refractivity contribution in [3.05, 3.63) is 41.2 Å². The zero-order valence-corrected chi connectivity index (χ0v) is 18.4. The van der Waals surface area contributed by atoms with E-state index in [2.05, 4.69) is 9.97 Å². The van der Waals surface area contributed by atoms with E-state index in [0.717, 1.165) is 11.8 Å². The third-order valence-electron chi connectivity index (χ3n) is 5.77. The van der Waals surface area contributed by atoms with Crippen LogP contribution < -0.4 is 5.73 Å². The maximum absolute atomic E-state index is 12.6. The minimum absolute atomic E-state index is 0.0738. The van der Waals surface area contributed by atoms with Crippen LogP contribution in [-0.4, -0.2) is 72.6 Å². The maximum Gasteiger partial charge on any atom is 0.320 e. The quantitative estimate of drug-likeness (QED) is 0.732. The highest BCUT2D eigenvalue weighted by atomic mass is 35.5. The number of likely N-dealkylation sites (tertiary alicyclic amines) is 2. The van der Waals surface area contributed by atoms with E-state index in [1.807, 2.05) is 0 Å². The van der Waals surface area contributed by atoms with Gasteiger partial charge in [0, 0.05) is 56.3 Å². The molecule has 0 spiro atoms. The number of hydrogen-bond acceptors (Lipinski definition) is 6. The lowest BCUT2D eigenvalue weighted by Gasteiger charge is -2.41. The number of hydrogen-bond donors (Lipinski definition) is 1. The molecule has 0 aliphatic carbocycles. The molecule has 2 aromatic rings. The summed E-state index contributed by atoms with van der Waals surface area (Å²) < 4.78 is 23.3. The number of sulfone groups is 1. The molecule has 2 N–H and O–H groups in total. The summed E-state index contributed by atoms with van der Waals surface area (Å²) >= 11 is 6.23. The predicted octanol–water partition coefficient (Wildman–Crippen LogP) is 1.53. The van der Waals surface area contributed by atoms with Crippen LogP contribution in [0.5, 0.6) is 0 Å². The zero-order valence-electron chi connectivity index (χ0n) is 16.9. The van der Waals surface area contributed by atoms with Crippen LogP contribution in [0.2, 0.25) is 5.02 Å². The fourth-order valence-corrected chi connectivity index (χ4v) is 4.78. The van der Waals surface area contributed by atoms with Crippen molar-refractivity contribution in [3.8, 4) is 11.4 Å². The molecule has 0 unspecified atom stereocenters. The largest absolute Gasteiger partial charge is 0.369 e. The van der Waals surface area contributed by atoms with Crippen LogP contribution in [0.25, 0.3) is 11.4 Å². The Labute approximate surface area is 185 Å². The first-order valence-corrected chi connectivity index (χ1v) is 12.1. The molecule has 9 nitrogen and oxygen atoms in total. The summed E-state index contributed by atoms with van der Waals surface area (Å²) in [5, 5.41) is 0.260. The summed E-state index contributed by atoms with van der Waals surface area (Å²) in [6.07, 6.45) is 5.14. The molecule has 31 heavy (non-hydrogen) atoms. The molecule has 0 bridgehead atoms. The maximum atomic E-state index is 12.6. The van der Waals surface area contributed by atoms with Gasteiger partial charge < -0.3 is 15.5 Å². The number of benzene rings is 1. The summed E-state index contributed by atoms with van der Waals surface area (Å²) in [5.41, 5.74) is 6.79. The highest BCUT2D eigenvalue weighted by Gasteiger charge is 2.38. The molecule has 1 atom stereocenters. The molecule has 2 aliphatic heterocycles. The number of carbonyl (C=O) groups excluding carboxylic acids is 2. The number of amides is 3. The first-order valence-electron chi connectivity index (χ1n) is 9.78. The first-order chi connectivity index (χ1) is 14.6. The van der Waals surface area contributed by atoms with Gasteiger partial charge in [-0.3, -0.25) is 4.79 Å². The van der Waals surface area contributed by atoms with Crippen molar-refractivity contribution in [2.45, 2.75) is 17.2 Å². The Morgan fingerprint density at radius 2 is 1.81 bits per heavy atom. The number of rotatable bonds is 4. The summed E-state index contributed by atoms with van der Waals surface area (Å²) in [6.45, 7) is 2.04. The number of aromatic nitrogens is 2. The summed E-state index contributed by atoms with van der Waals surface area (Å²) in [4.78, 5) is 36.1. The second-order valence-corrected chi connectivity index (χ2v) is 10.4. The lowest BCUT2D eigenvalue weighted by molar-refractivity contribution is -0.121. The van der Waals surface area contributed by atoms with Gasteiger partial charge in [-0.05, 0) is 30.2 Å². The van der Waals surface area contributed by atoms with Gasteiger partial charge in [-0.25, -0.2) is 23.2 Å². The summed E-state index contributed by atoms with van der Waals surface area (Å²) in [7, 11) is -3.35. The normalized spacial score (nSPS) is 19.4. The molecule has 164 valence electrons. The van der Waals surface area contributed by atoms with Crippen molar-refractivity contribution in [2.75, 3.05) is 32.4 Å². The van der Waals surface area contributed by atoms with Crippen LogP contribution in [0.15, 0.2) is 35.5 Å². The van der Waals surface area contributed by atoms with Gasteiger partial charge in [-0.15, -0.1) is 0 Å². The molecule has 0 radical (unpaired) electrons. The molecule has 1 aromatic carbocycles. The second kappa shape index (κ2) is 8.08. The van der Waals surface area contributed by atoms with Crippen LogP contribution in [0.4, 0.5) is 4.79 Å². The first kappa shape index (κ1) is 21.5. The Morgan fingerprint density at radius 3 is 2.35 bits per heavy atom. The smallest absolute Gasteiger partial charge is 0.320 e. The van der Waals surface area contributed by atoms with Crippen LogP contribution in [0.3, 0.4) is 0 Å². The zero-order chi connectivity index (χ0) is 22.3. The minimum atomic E-state index is -3.35. The molecule has 11 heteroatoms. The van der Waals surface area contributed by atoms with E-state index in [1.165, 1.54) is 12.1 Å². The molecule has 3 amide bonds. The van der Waals surface area contributed by atoms with Crippen molar-refractivity contribution >= 4 is 33.4 Å². The molecular formula is C20H22ClN5O4S. The van der Waals surface area contributed by atoms with Crippen molar-refractivity contribution in [2.24, 2.45) is 11.7 Å². The predicted molar refractivity (Wildman–Crippen MR) is 114 cm³/mol. The Hall–Kier alpha value is -2.72. The van der Waals surface area contributed by atoms with Gasteiger partial charge in [0.25, 0.3) is 0 Å². The van der Waals surface area contributed by atoms with Crippen molar-refractivity contribution in [3.63, 3.8) is 0 Å². The minimum Gasteiger partial charge on any atom is -0.369 e. The van der Waals surface area contributed by atoms with Crippen LogP contribution in [0, 0.1) is 5.92 Å². The molecule has 2 saturated heterocycles. The summed E-state index contributed by atoms with van der Waals surface area (Å²) in [5.74, 6) is -0.0911. The van der Waals surface area contributed by atoms with E-state index in [0.29, 0.717) is 44.0 Å². The molecule has 0 saturated carbocycles. The van der Waals surface area contributed by atoms with Crippen molar-refractivity contribution < 1.29 is 18.0 Å². The lowest BCUT2D eigenvalue weighted by atomic mass is 9.94. The van der Waals surface area contributed by atoms with Gasteiger partial charge in [0.2, 0.25) is 5.91 Å². The second-order valence-electron chi connectivity index (χ2n) is 7.97. The van der Waals surface area contributed by atoms with Gasteiger partial charge >= 0.3 is 6.03 Å². The van der Waals surface area contributed by atoms with E-state index in [-0.39, 0.29) is 33.7 Å². The highest BCUT2D eigenvalue weighted by Crippen LogP contribution is 2.31. The number of nitrogens with zero attached hydrogens (tertiary/aromatic N) is 4. The fourth-order valence-electron chi connectivity index (χ4n) is 3.81. The Kier molecular flexibility index (Phi) is 5.61. The Balaban J connectivity index is 1.38. The Bertz CT molecular complexity index is 1130. The average Bonchev–Trinajstić information content (AvgIpc) is 3.17. The third-order valence-corrected chi connectivity index (χ3v) is 7.19. The molecule has 4 rings (SSSR count). The number of primary amides is 1. The molecule has 1 aromatic heterocycles. The summed E-state index contributed by atoms with van der Waals surface area (Å²) in [6, 6.07) is 4.38. The number of urea groups is 1. The van der Waals surface area contributed by atoms with E-state index in [1.54, 1.807) is 28.3 Å².